The van der Waals surface area contributed by atoms with E-state index in [9.17, 15) is 9.59 Å². The predicted octanol–water partition coefficient (Wildman–Crippen LogP) is 6.41. The smallest absolute Gasteiger partial charge is 0.245 e. The number of aromatic nitrogens is 2. The van der Waals surface area contributed by atoms with E-state index in [1.165, 1.54) is 0 Å². The van der Waals surface area contributed by atoms with E-state index in [1.54, 1.807) is 15.6 Å². The first-order chi connectivity index (χ1) is 17.2. The number of rotatable bonds is 11. The molecule has 0 bridgehead atoms. The van der Waals surface area contributed by atoms with Crippen molar-refractivity contribution in [2.24, 2.45) is 0 Å². The highest BCUT2D eigenvalue weighted by atomic mass is 35.5. The maximum absolute atomic E-state index is 13.2. The Hall–Kier alpha value is -3.12. The van der Waals surface area contributed by atoms with Crippen LogP contribution in [-0.4, -0.2) is 39.6 Å². The van der Waals surface area contributed by atoms with Gasteiger partial charge in [0.05, 0.1) is 22.9 Å². The molecule has 0 radical (unpaired) electrons. The molecule has 0 fully saturated rings. The Balaban J connectivity index is 1.80. The van der Waals surface area contributed by atoms with Crippen molar-refractivity contribution < 1.29 is 9.59 Å². The maximum atomic E-state index is 13.2. The number of benzene rings is 2. The van der Waals surface area contributed by atoms with Gasteiger partial charge in [-0.2, -0.15) is 5.10 Å². The summed E-state index contributed by atoms with van der Waals surface area (Å²) in [5.74, 6) is 0.268. The van der Waals surface area contributed by atoms with Crippen LogP contribution in [0.25, 0.3) is 5.69 Å². The Morgan fingerprint density at radius 3 is 2.39 bits per heavy atom. The molecule has 1 heterocycles. The third kappa shape index (κ3) is 7.69. The second-order valence-corrected chi connectivity index (χ2v) is 10.5. The molecule has 0 atom stereocenters. The minimum atomic E-state index is -0.263. The molecular weight excluding hydrogens is 472 g/mol. The molecule has 192 valence electrons. The quantitative estimate of drug-likeness (QED) is 0.304. The van der Waals surface area contributed by atoms with Gasteiger partial charge in [-0.1, -0.05) is 94.6 Å². The predicted molar refractivity (Wildman–Crippen MR) is 147 cm³/mol. The molecule has 7 heteroatoms. The molecule has 2 aromatic carbocycles. The molecule has 0 aliphatic carbocycles. The van der Waals surface area contributed by atoms with Crippen LogP contribution in [0, 0.1) is 0 Å². The zero-order valence-corrected chi connectivity index (χ0v) is 22.5. The lowest BCUT2D eigenvalue weighted by atomic mass is 9.92. The Morgan fingerprint density at radius 1 is 1.03 bits per heavy atom. The van der Waals surface area contributed by atoms with E-state index >= 15 is 0 Å². The molecule has 0 saturated heterocycles. The van der Waals surface area contributed by atoms with Gasteiger partial charge < -0.3 is 10.2 Å². The number of unbranched alkanes of at least 4 members (excludes halogenated alkanes) is 2. The maximum Gasteiger partial charge on any atom is 0.245 e. The number of hydrogen-bond donors (Lipinski definition) is 1. The van der Waals surface area contributed by atoms with Crippen LogP contribution >= 0.6 is 11.6 Å². The zero-order chi connectivity index (χ0) is 26.1. The number of carbonyl (C=O) groups is 2. The second-order valence-electron chi connectivity index (χ2n) is 10.1. The molecule has 1 aromatic heterocycles. The highest BCUT2D eigenvalue weighted by molar-refractivity contribution is 6.32. The number of carbonyl (C=O) groups excluding carboxylic acids is 2. The first kappa shape index (κ1) is 27.5. The number of para-hydroxylation sites is 1. The van der Waals surface area contributed by atoms with Gasteiger partial charge >= 0.3 is 0 Å². The van der Waals surface area contributed by atoms with E-state index in [-0.39, 0.29) is 23.8 Å². The molecule has 0 aliphatic heterocycles. The lowest BCUT2D eigenvalue weighted by Crippen LogP contribution is -2.39. The molecule has 1 N–H and O–H groups in total. The largest absolute Gasteiger partial charge is 0.333 e. The monoisotopic (exact) mass is 508 g/mol. The minimum absolute atomic E-state index is 0.00419. The van der Waals surface area contributed by atoms with Gasteiger partial charge in [0.15, 0.2) is 0 Å². The summed E-state index contributed by atoms with van der Waals surface area (Å²) < 4.78 is 1.66. The molecular formula is C29H37ClN4O2. The molecule has 36 heavy (non-hydrogen) atoms. The Labute approximate surface area is 219 Å². The summed E-state index contributed by atoms with van der Waals surface area (Å²) >= 11 is 6.45. The average molecular weight is 509 g/mol. The van der Waals surface area contributed by atoms with Crippen LogP contribution in [0.4, 0.5) is 5.82 Å². The standard InChI is InChI=1S/C29H37ClN4O2/c1-5-6-8-17-28(36)33(19-18-22-13-9-7-10-14-22)21-27(35)31-26-20-25(29(2,3)4)32-34(26)24-16-12-11-15-23(24)30/h7,9-16,20H,5-6,8,17-19,21H2,1-4H3,(H,31,35). The number of anilines is 1. The van der Waals surface area contributed by atoms with Crippen molar-refractivity contribution >= 4 is 29.2 Å². The van der Waals surface area contributed by atoms with E-state index in [2.05, 4.69) is 33.0 Å². The topological polar surface area (TPSA) is 67.2 Å². The van der Waals surface area contributed by atoms with Crippen molar-refractivity contribution in [3.8, 4) is 5.69 Å². The van der Waals surface area contributed by atoms with Gasteiger partial charge in [0.25, 0.3) is 0 Å². The van der Waals surface area contributed by atoms with Crippen LogP contribution in [0.1, 0.15) is 64.6 Å². The highest BCUT2D eigenvalue weighted by Crippen LogP contribution is 2.29. The number of hydrogen-bond acceptors (Lipinski definition) is 3. The van der Waals surface area contributed by atoms with Crippen molar-refractivity contribution in [3.63, 3.8) is 0 Å². The third-order valence-corrected chi connectivity index (χ3v) is 6.34. The number of nitrogens with zero attached hydrogens (tertiary/aromatic N) is 3. The normalized spacial score (nSPS) is 11.4. The van der Waals surface area contributed by atoms with Crippen molar-refractivity contribution in [3.05, 3.63) is 76.9 Å². The van der Waals surface area contributed by atoms with Gasteiger partial charge in [-0.25, -0.2) is 4.68 Å². The fraction of sp³-hybridized carbons (Fsp3) is 0.414. The highest BCUT2D eigenvalue weighted by Gasteiger charge is 2.23. The summed E-state index contributed by atoms with van der Waals surface area (Å²) in [6.45, 7) is 8.78. The van der Waals surface area contributed by atoms with Gasteiger partial charge in [-0.05, 0) is 30.5 Å². The van der Waals surface area contributed by atoms with Gasteiger partial charge in [-0.3, -0.25) is 9.59 Å². The summed E-state index contributed by atoms with van der Waals surface area (Å²) in [6, 6.07) is 19.3. The van der Waals surface area contributed by atoms with Gasteiger partial charge in [0.2, 0.25) is 11.8 Å². The van der Waals surface area contributed by atoms with E-state index in [1.807, 2.05) is 54.6 Å². The Morgan fingerprint density at radius 2 is 1.72 bits per heavy atom. The number of nitrogens with one attached hydrogen (secondary N) is 1. The van der Waals surface area contributed by atoms with Crippen LogP contribution in [0.15, 0.2) is 60.7 Å². The molecule has 2 amide bonds. The van der Waals surface area contributed by atoms with Crippen LogP contribution < -0.4 is 5.32 Å². The van der Waals surface area contributed by atoms with Crippen LogP contribution in [0.2, 0.25) is 5.02 Å². The van der Waals surface area contributed by atoms with E-state index in [4.69, 9.17) is 16.7 Å². The minimum Gasteiger partial charge on any atom is -0.333 e. The Bertz CT molecular complexity index is 1150. The summed E-state index contributed by atoms with van der Waals surface area (Å²) in [4.78, 5) is 27.9. The Kier molecular flexibility index (Phi) is 9.71. The molecule has 3 rings (SSSR count). The third-order valence-electron chi connectivity index (χ3n) is 6.02. The molecule has 0 unspecified atom stereocenters. The second kappa shape index (κ2) is 12.7. The lowest BCUT2D eigenvalue weighted by Gasteiger charge is -2.22. The van der Waals surface area contributed by atoms with Crippen LogP contribution in [0.3, 0.4) is 0 Å². The van der Waals surface area contributed by atoms with Crippen molar-refractivity contribution in [1.82, 2.24) is 14.7 Å². The lowest BCUT2D eigenvalue weighted by molar-refractivity contribution is -0.134. The average Bonchev–Trinajstić information content (AvgIpc) is 3.26. The fourth-order valence-electron chi connectivity index (χ4n) is 3.88. The van der Waals surface area contributed by atoms with Crippen molar-refractivity contribution in [2.75, 3.05) is 18.4 Å². The summed E-state index contributed by atoms with van der Waals surface area (Å²) in [5, 5.41) is 8.27. The molecule has 6 nitrogen and oxygen atoms in total. The van der Waals surface area contributed by atoms with Crippen molar-refractivity contribution in [2.45, 2.75) is 65.2 Å². The number of amides is 2. The summed E-state index contributed by atoms with van der Waals surface area (Å²) in [7, 11) is 0. The summed E-state index contributed by atoms with van der Waals surface area (Å²) in [6.07, 6.45) is 4.00. The van der Waals surface area contributed by atoms with E-state index in [0.717, 1.165) is 30.5 Å². The fourth-order valence-corrected chi connectivity index (χ4v) is 4.10. The molecule has 3 aromatic rings. The van der Waals surface area contributed by atoms with Gasteiger partial charge in [0.1, 0.15) is 5.82 Å². The first-order valence-corrected chi connectivity index (χ1v) is 13.0. The van der Waals surface area contributed by atoms with Crippen molar-refractivity contribution in [1.29, 1.82) is 0 Å². The van der Waals surface area contributed by atoms with Crippen LogP contribution in [0.5, 0.6) is 0 Å². The zero-order valence-electron chi connectivity index (χ0n) is 21.8. The number of halogens is 1. The van der Waals surface area contributed by atoms with E-state index < -0.39 is 0 Å². The van der Waals surface area contributed by atoms with Gasteiger partial charge in [0, 0.05) is 24.4 Å². The van der Waals surface area contributed by atoms with Gasteiger partial charge in [-0.15, -0.1) is 0 Å². The van der Waals surface area contributed by atoms with Crippen LogP contribution in [-0.2, 0) is 21.4 Å². The molecule has 0 spiro atoms. The molecule has 0 saturated carbocycles. The van der Waals surface area contributed by atoms with E-state index in [0.29, 0.717) is 35.9 Å². The summed E-state index contributed by atoms with van der Waals surface area (Å²) in [5.41, 5.74) is 2.43. The SMILES string of the molecule is CCCCCC(=O)N(CCc1ccccc1)CC(=O)Nc1cc(C(C)(C)C)nn1-c1ccccc1Cl. The molecule has 0 aliphatic rings. The first-order valence-electron chi connectivity index (χ1n) is 12.7.